The Morgan fingerprint density at radius 1 is 0.909 bits per heavy atom. The van der Waals surface area contributed by atoms with Crippen molar-refractivity contribution in [3.8, 4) is 0 Å². The van der Waals surface area contributed by atoms with Gasteiger partial charge in [0.1, 0.15) is 5.60 Å². The maximum atomic E-state index is 11.2. The van der Waals surface area contributed by atoms with Crippen LogP contribution in [0.15, 0.2) is 25.3 Å². The van der Waals surface area contributed by atoms with Crippen molar-refractivity contribution in [2.75, 3.05) is 0 Å². The van der Waals surface area contributed by atoms with Gasteiger partial charge in [-0.1, -0.05) is 64.5 Å². The number of aliphatic hydroxyl groups excluding tert-OH is 1. The van der Waals surface area contributed by atoms with Crippen molar-refractivity contribution in [1.29, 1.82) is 0 Å². The van der Waals surface area contributed by atoms with Crippen molar-refractivity contribution >= 4 is 0 Å². The molecule has 0 saturated carbocycles. The molecule has 3 nitrogen and oxygen atoms in total. The molecule has 0 aliphatic carbocycles. The molecule has 0 saturated heterocycles. The predicted octanol–water partition coefficient (Wildman–Crippen LogP) is 4.12. The molecule has 0 rings (SSSR count). The first-order valence-corrected chi connectivity index (χ1v) is 8.76. The molecule has 130 valence electrons. The number of aliphatic hydroxyl groups is 3. The summed E-state index contributed by atoms with van der Waals surface area (Å²) in [4.78, 5) is 0. The van der Waals surface area contributed by atoms with Gasteiger partial charge in [-0.2, -0.15) is 0 Å². The van der Waals surface area contributed by atoms with Crippen LogP contribution in [0.4, 0.5) is 0 Å². The van der Waals surface area contributed by atoms with Crippen LogP contribution in [0.3, 0.4) is 0 Å². The molecular weight excluding hydrogens is 276 g/mol. The Hall–Kier alpha value is -0.640. The molecule has 22 heavy (non-hydrogen) atoms. The van der Waals surface area contributed by atoms with Gasteiger partial charge in [0.2, 0.25) is 0 Å². The van der Waals surface area contributed by atoms with Gasteiger partial charge in [0.05, 0.1) is 11.7 Å². The monoisotopic (exact) mass is 312 g/mol. The van der Waals surface area contributed by atoms with Crippen LogP contribution in [-0.4, -0.2) is 32.6 Å². The van der Waals surface area contributed by atoms with Gasteiger partial charge in [-0.15, -0.1) is 13.2 Å². The van der Waals surface area contributed by atoms with Crippen LogP contribution in [0.5, 0.6) is 0 Å². The fourth-order valence-electron chi connectivity index (χ4n) is 3.10. The zero-order valence-corrected chi connectivity index (χ0v) is 14.6. The van der Waals surface area contributed by atoms with E-state index in [2.05, 4.69) is 27.0 Å². The van der Waals surface area contributed by atoms with E-state index in [-0.39, 0.29) is 12.8 Å². The SMILES string of the molecule is C=CCC(O)C(O)(CC=C)C(O)(CCCCC)CCCCC. The molecule has 0 aromatic heterocycles. The maximum absolute atomic E-state index is 11.2. The summed E-state index contributed by atoms with van der Waals surface area (Å²) >= 11 is 0. The Balaban J connectivity index is 5.30. The highest BCUT2D eigenvalue weighted by Crippen LogP contribution is 2.39. The van der Waals surface area contributed by atoms with E-state index in [4.69, 9.17) is 0 Å². The first-order chi connectivity index (χ1) is 10.4. The van der Waals surface area contributed by atoms with Crippen LogP contribution in [0.1, 0.15) is 78.1 Å². The van der Waals surface area contributed by atoms with E-state index in [1.54, 1.807) is 12.2 Å². The van der Waals surface area contributed by atoms with Gasteiger partial charge in [0, 0.05) is 0 Å². The van der Waals surface area contributed by atoms with Crippen molar-refractivity contribution in [2.24, 2.45) is 0 Å². The number of unbranched alkanes of at least 4 members (excludes halogenated alkanes) is 4. The van der Waals surface area contributed by atoms with Crippen LogP contribution in [0.2, 0.25) is 0 Å². The van der Waals surface area contributed by atoms with E-state index in [0.717, 1.165) is 38.5 Å². The third-order valence-electron chi connectivity index (χ3n) is 4.59. The highest BCUT2D eigenvalue weighted by Gasteiger charge is 2.51. The zero-order chi connectivity index (χ0) is 17.1. The minimum absolute atomic E-state index is 0.177. The molecule has 0 aromatic carbocycles. The molecule has 0 aromatic rings. The Labute approximate surface area is 136 Å². The lowest BCUT2D eigenvalue weighted by atomic mass is 9.70. The highest BCUT2D eigenvalue weighted by atomic mass is 16.4. The lowest BCUT2D eigenvalue weighted by molar-refractivity contribution is -0.207. The zero-order valence-electron chi connectivity index (χ0n) is 14.6. The summed E-state index contributed by atoms with van der Waals surface area (Å²) in [6.45, 7) is 11.5. The van der Waals surface area contributed by atoms with Crippen LogP contribution in [-0.2, 0) is 0 Å². The summed E-state index contributed by atoms with van der Waals surface area (Å²) in [5.41, 5.74) is -2.85. The summed E-state index contributed by atoms with van der Waals surface area (Å²) in [5, 5.41) is 32.7. The number of hydrogen-bond donors (Lipinski definition) is 3. The fourth-order valence-corrected chi connectivity index (χ4v) is 3.10. The first kappa shape index (κ1) is 21.4. The molecule has 3 heteroatoms. The van der Waals surface area contributed by atoms with E-state index >= 15 is 0 Å². The van der Waals surface area contributed by atoms with Gasteiger partial charge in [-0.25, -0.2) is 0 Å². The van der Waals surface area contributed by atoms with E-state index in [9.17, 15) is 15.3 Å². The highest BCUT2D eigenvalue weighted by molar-refractivity contribution is 5.08. The molecule has 0 aliphatic heterocycles. The van der Waals surface area contributed by atoms with E-state index in [1.807, 2.05) is 0 Å². The Kier molecular flexibility index (Phi) is 10.7. The molecule has 0 bridgehead atoms. The minimum atomic E-state index is -1.57. The molecule has 0 aliphatic rings. The van der Waals surface area contributed by atoms with E-state index < -0.39 is 17.3 Å². The summed E-state index contributed by atoms with van der Waals surface area (Å²) in [5.74, 6) is 0. The topological polar surface area (TPSA) is 60.7 Å². The van der Waals surface area contributed by atoms with Gasteiger partial charge < -0.3 is 15.3 Å². The summed E-state index contributed by atoms with van der Waals surface area (Å²) in [6, 6.07) is 0. The molecule has 0 heterocycles. The third kappa shape index (κ3) is 5.86. The molecule has 2 unspecified atom stereocenters. The molecule has 2 atom stereocenters. The van der Waals surface area contributed by atoms with Gasteiger partial charge >= 0.3 is 0 Å². The summed E-state index contributed by atoms with van der Waals surface area (Å²) < 4.78 is 0. The van der Waals surface area contributed by atoms with Crippen LogP contribution in [0, 0.1) is 0 Å². The Morgan fingerprint density at radius 2 is 1.41 bits per heavy atom. The molecule has 0 fully saturated rings. The smallest absolute Gasteiger partial charge is 0.123 e. The van der Waals surface area contributed by atoms with Gasteiger partial charge in [-0.05, 0) is 25.7 Å². The van der Waals surface area contributed by atoms with E-state index in [1.165, 1.54) is 0 Å². The lowest BCUT2D eigenvalue weighted by Gasteiger charge is -2.46. The minimum Gasteiger partial charge on any atom is -0.390 e. The molecule has 0 spiro atoms. The van der Waals surface area contributed by atoms with Crippen LogP contribution >= 0.6 is 0 Å². The number of rotatable bonds is 14. The summed E-state index contributed by atoms with van der Waals surface area (Å²) in [7, 11) is 0. The van der Waals surface area contributed by atoms with Crippen LogP contribution < -0.4 is 0 Å². The second-order valence-corrected chi connectivity index (χ2v) is 6.40. The van der Waals surface area contributed by atoms with Crippen molar-refractivity contribution < 1.29 is 15.3 Å². The van der Waals surface area contributed by atoms with E-state index in [0.29, 0.717) is 12.8 Å². The fraction of sp³-hybridized carbons (Fsp3) is 0.789. The first-order valence-electron chi connectivity index (χ1n) is 8.76. The third-order valence-corrected chi connectivity index (χ3v) is 4.59. The number of hydrogen-bond acceptors (Lipinski definition) is 3. The van der Waals surface area contributed by atoms with Crippen molar-refractivity contribution in [3.05, 3.63) is 25.3 Å². The largest absolute Gasteiger partial charge is 0.390 e. The summed E-state index contributed by atoms with van der Waals surface area (Å²) in [6.07, 6.45) is 9.40. The molecule has 0 amide bonds. The predicted molar refractivity (Wildman–Crippen MR) is 93.8 cm³/mol. The maximum Gasteiger partial charge on any atom is 0.123 e. The molecule has 3 N–H and O–H groups in total. The van der Waals surface area contributed by atoms with Crippen molar-refractivity contribution in [1.82, 2.24) is 0 Å². The molecule has 0 radical (unpaired) electrons. The second kappa shape index (κ2) is 11.0. The van der Waals surface area contributed by atoms with Gasteiger partial charge in [-0.3, -0.25) is 0 Å². The average Bonchev–Trinajstić information content (AvgIpc) is 2.48. The quantitative estimate of drug-likeness (QED) is 0.334. The Bertz CT molecular complexity index is 304. The van der Waals surface area contributed by atoms with Crippen molar-refractivity contribution in [2.45, 2.75) is 95.4 Å². The Morgan fingerprint density at radius 3 is 1.77 bits per heavy atom. The standard InChI is InChI=1S/C19H36O3/c1-5-9-11-15-18(21,16-12-10-6-2)19(22,14-8-4)17(20)13-7-3/h7-8,17,20-22H,3-6,9-16H2,1-2H3. The van der Waals surface area contributed by atoms with Gasteiger partial charge in [0.25, 0.3) is 0 Å². The van der Waals surface area contributed by atoms with Gasteiger partial charge in [0.15, 0.2) is 0 Å². The van der Waals surface area contributed by atoms with Crippen molar-refractivity contribution in [3.63, 3.8) is 0 Å². The average molecular weight is 312 g/mol. The lowest BCUT2D eigenvalue weighted by Crippen LogP contribution is -2.61. The second-order valence-electron chi connectivity index (χ2n) is 6.40. The normalized spacial score (nSPS) is 16.0. The van der Waals surface area contributed by atoms with Crippen LogP contribution in [0.25, 0.3) is 0 Å². The molecular formula is C19H36O3.